The fourth-order valence-electron chi connectivity index (χ4n) is 2.80. The van der Waals surface area contributed by atoms with Crippen LogP contribution in [0.4, 0.5) is 0 Å². The molecule has 0 amide bonds. The van der Waals surface area contributed by atoms with Gasteiger partial charge in [0.1, 0.15) is 6.11 Å². The number of hydrogen-bond acceptors (Lipinski definition) is 2. The van der Waals surface area contributed by atoms with Gasteiger partial charge >= 0.3 is 5.97 Å². The molecular formula is C21H38O2. The molecule has 0 aliphatic rings. The first kappa shape index (κ1) is 22.0. The Labute approximate surface area is 144 Å². The molecule has 0 fully saturated rings. The zero-order chi connectivity index (χ0) is 17.0. The van der Waals surface area contributed by atoms with Crippen molar-refractivity contribution in [3.05, 3.63) is 0 Å². The van der Waals surface area contributed by atoms with Crippen LogP contribution >= 0.6 is 0 Å². The minimum absolute atomic E-state index is 0.186. The van der Waals surface area contributed by atoms with Gasteiger partial charge in [-0.05, 0) is 6.42 Å². The molecule has 2 nitrogen and oxygen atoms in total. The lowest BCUT2D eigenvalue weighted by atomic mass is 10.0. The largest absolute Gasteiger partial charge is 0.372 e. The number of carbonyl (C=O) groups is 1. The molecule has 0 bridgehead atoms. The van der Waals surface area contributed by atoms with Gasteiger partial charge in [-0.1, -0.05) is 103 Å². The van der Waals surface area contributed by atoms with Crippen molar-refractivity contribution in [2.75, 3.05) is 0 Å². The van der Waals surface area contributed by atoms with Gasteiger partial charge in [0.15, 0.2) is 0 Å². The first-order valence-corrected chi connectivity index (χ1v) is 9.92. The molecule has 134 valence electrons. The van der Waals surface area contributed by atoms with E-state index in [1.807, 2.05) is 0 Å². The average molecular weight is 323 g/mol. The summed E-state index contributed by atoms with van der Waals surface area (Å²) >= 11 is 0. The summed E-state index contributed by atoms with van der Waals surface area (Å²) in [5.74, 6) is 2.37. The molecule has 0 aromatic rings. The van der Waals surface area contributed by atoms with Gasteiger partial charge < -0.3 is 4.74 Å². The van der Waals surface area contributed by atoms with E-state index in [4.69, 9.17) is 4.74 Å². The van der Waals surface area contributed by atoms with Crippen LogP contribution in [0.5, 0.6) is 0 Å². The average Bonchev–Trinajstić information content (AvgIpc) is 2.56. The van der Waals surface area contributed by atoms with E-state index in [9.17, 15) is 4.79 Å². The molecule has 0 aromatic heterocycles. The fraction of sp³-hybridized carbons (Fsp3) is 0.857. The van der Waals surface area contributed by atoms with Gasteiger partial charge in [-0.25, -0.2) is 0 Å². The first-order valence-electron chi connectivity index (χ1n) is 9.92. The van der Waals surface area contributed by atoms with E-state index >= 15 is 0 Å². The molecule has 0 atom stereocenters. The Balaban J connectivity index is 3.07. The lowest BCUT2D eigenvalue weighted by molar-refractivity contribution is -0.136. The fourth-order valence-corrected chi connectivity index (χ4v) is 2.80. The Morgan fingerprint density at radius 3 is 1.48 bits per heavy atom. The van der Waals surface area contributed by atoms with Gasteiger partial charge in [0.05, 0.1) is 0 Å². The highest BCUT2D eigenvalue weighted by molar-refractivity contribution is 5.70. The molecular weight excluding hydrogens is 284 g/mol. The molecule has 23 heavy (non-hydrogen) atoms. The van der Waals surface area contributed by atoms with Crippen LogP contribution in [0.3, 0.4) is 0 Å². The van der Waals surface area contributed by atoms with Crippen molar-refractivity contribution < 1.29 is 9.53 Å². The van der Waals surface area contributed by atoms with Crippen LogP contribution in [0.1, 0.15) is 117 Å². The maximum Gasteiger partial charge on any atom is 0.319 e. The molecule has 0 aromatic carbocycles. The van der Waals surface area contributed by atoms with Crippen LogP contribution < -0.4 is 0 Å². The normalized spacial score (nSPS) is 10.2. The van der Waals surface area contributed by atoms with Crippen LogP contribution in [-0.4, -0.2) is 5.97 Å². The molecule has 0 saturated carbocycles. The lowest BCUT2D eigenvalue weighted by Crippen LogP contribution is -1.99. The van der Waals surface area contributed by atoms with E-state index in [1.54, 1.807) is 6.92 Å². The number of carbonyl (C=O) groups excluding carboxylic acids is 1. The summed E-state index contributed by atoms with van der Waals surface area (Å²) in [6, 6.07) is 0. The van der Waals surface area contributed by atoms with E-state index in [0.29, 0.717) is 6.42 Å². The Hall–Kier alpha value is -0.970. The Morgan fingerprint density at radius 2 is 1.09 bits per heavy atom. The van der Waals surface area contributed by atoms with E-state index in [1.165, 1.54) is 83.5 Å². The number of esters is 1. The predicted octanol–water partition coefficient (Wildman–Crippen LogP) is 6.77. The molecule has 0 aliphatic heterocycles. The summed E-state index contributed by atoms with van der Waals surface area (Å²) in [6.07, 6.45) is 22.9. The summed E-state index contributed by atoms with van der Waals surface area (Å²) in [7, 11) is 0. The highest BCUT2D eigenvalue weighted by atomic mass is 16.5. The van der Waals surface area contributed by atoms with Crippen molar-refractivity contribution in [1.82, 2.24) is 0 Å². The first-order chi connectivity index (χ1) is 11.3. The second-order valence-electron chi connectivity index (χ2n) is 6.53. The molecule has 0 unspecified atom stereocenters. The second-order valence-corrected chi connectivity index (χ2v) is 6.53. The monoisotopic (exact) mass is 322 g/mol. The lowest BCUT2D eigenvalue weighted by Gasteiger charge is -2.03. The molecule has 0 aliphatic carbocycles. The van der Waals surface area contributed by atoms with E-state index in [0.717, 1.165) is 12.8 Å². The molecule has 0 heterocycles. The summed E-state index contributed by atoms with van der Waals surface area (Å²) in [5.41, 5.74) is 0. The summed E-state index contributed by atoms with van der Waals surface area (Å²) in [6.45, 7) is 3.94. The van der Waals surface area contributed by atoms with Gasteiger partial charge in [0.25, 0.3) is 0 Å². The SMILES string of the molecule is CC#COC(=O)CCCCCCCCCCCCCCCCC. The van der Waals surface area contributed by atoms with E-state index < -0.39 is 0 Å². The van der Waals surface area contributed by atoms with Crippen LogP contribution in [0.25, 0.3) is 0 Å². The van der Waals surface area contributed by atoms with Crippen LogP contribution in [0, 0.1) is 12.0 Å². The number of rotatable bonds is 16. The third-order valence-electron chi connectivity index (χ3n) is 4.25. The Kier molecular flexibility index (Phi) is 18.3. The van der Waals surface area contributed by atoms with Gasteiger partial charge in [0, 0.05) is 13.3 Å². The molecule has 0 rings (SSSR count). The van der Waals surface area contributed by atoms with Gasteiger partial charge in [-0.2, -0.15) is 0 Å². The van der Waals surface area contributed by atoms with Crippen LogP contribution in [0.2, 0.25) is 0 Å². The molecule has 0 saturated heterocycles. The van der Waals surface area contributed by atoms with Crippen LogP contribution in [-0.2, 0) is 9.53 Å². The number of unbranched alkanes of at least 4 members (excludes halogenated alkanes) is 14. The smallest absolute Gasteiger partial charge is 0.319 e. The number of hydrogen-bond donors (Lipinski definition) is 0. The van der Waals surface area contributed by atoms with E-state index in [-0.39, 0.29) is 5.97 Å². The number of ether oxygens (including phenoxy) is 1. The third kappa shape index (κ3) is 19.0. The van der Waals surface area contributed by atoms with Crippen molar-refractivity contribution >= 4 is 5.97 Å². The molecule has 2 heteroatoms. The predicted molar refractivity (Wildman–Crippen MR) is 99.1 cm³/mol. The van der Waals surface area contributed by atoms with Crippen molar-refractivity contribution in [2.45, 2.75) is 117 Å². The third-order valence-corrected chi connectivity index (χ3v) is 4.25. The maximum atomic E-state index is 11.2. The van der Waals surface area contributed by atoms with Crippen molar-refractivity contribution in [2.24, 2.45) is 0 Å². The van der Waals surface area contributed by atoms with Gasteiger partial charge in [0.2, 0.25) is 0 Å². The van der Waals surface area contributed by atoms with E-state index in [2.05, 4.69) is 19.0 Å². The second kappa shape index (κ2) is 19.1. The standard InChI is InChI=1S/C21H38O2/c1-3-5-6-7-8-9-10-11-12-13-14-15-16-17-18-19-21(22)23-20-4-2/h3,5-19H2,1-2H3. The maximum absolute atomic E-state index is 11.2. The van der Waals surface area contributed by atoms with Gasteiger partial charge in [-0.3, -0.25) is 4.79 Å². The summed E-state index contributed by atoms with van der Waals surface area (Å²) < 4.78 is 4.71. The highest BCUT2D eigenvalue weighted by Gasteiger charge is 2.00. The summed E-state index contributed by atoms with van der Waals surface area (Å²) in [5, 5.41) is 0. The van der Waals surface area contributed by atoms with Gasteiger partial charge in [-0.15, -0.1) is 0 Å². The molecule has 0 N–H and O–H groups in total. The Morgan fingerprint density at radius 1 is 0.696 bits per heavy atom. The minimum atomic E-state index is -0.186. The zero-order valence-corrected chi connectivity index (χ0v) is 15.6. The van der Waals surface area contributed by atoms with Crippen LogP contribution in [0.15, 0.2) is 0 Å². The van der Waals surface area contributed by atoms with Crippen molar-refractivity contribution in [1.29, 1.82) is 0 Å². The Bertz CT molecular complexity index is 312. The molecule has 0 spiro atoms. The van der Waals surface area contributed by atoms with Crippen molar-refractivity contribution in [3.8, 4) is 12.0 Å². The summed E-state index contributed by atoms with van der Waals surface area (Å²) in [4.78, 5) is 11.2. The van der Waals surface area contributed by atoms with Crippen molar-refractivity contribution in [3.63, 3.8) is 0 Å². The topological polar surface area (TPSA) is 26.3 Å². The molecule has 0 radical (unpaired) electrons. The quantitative estimate of drug-likeness (QED) is 0.178. The minimum Gasteiger partial charge on any atom is -0.372 e. The highest BCUT2D eigenvalue weighted by Crippen LogP contribution is 2.13. The zero-order valence-electron chi connectivity index (χ0n) is 15.6.